The Labute approximate surface area is 345 Å². The maximum atomic E-state index is 15.3. The number of anilines is 1. The Morgan fingerprint density at radius 1 is 0.949 bits per heavy atom. The molecule has 2 aromatic carbocycles. The van der Waals surface area contributed by atoms with Crippen LogP contribution in [0.25, 0.3) is 10.9 Å². The van der Waals surface area contributed by atoms with Crippen molar-refractivity contribution >= 4 is 34.5 Å². The SMILES string of the molecule is CC[C@@]1(O)C[C@H]2CN(CCc3c([nH]c4ccccc34)[C@](C(=O)OC)(c3cc4c(cc3OC)N(C)[C@H]3[C@@](O)(C(=O)OC)[C@H](OC(C)=O)[C@@]5(CC)C=CCN6CC[C@@]43[C@@H]65)C2)C1. The van der Waals surface area contributed by atoms with Crippen LogP contribution in [0.3, 0.4) is 0 Å². The molecule has 10 atom stereocenters. The van der Waals surface area contributed by atoms with Crippen molar-refractivity contribution in [1.29, 1.82) is 0 Å². The number of benzene rings is 2. The number of hydrogen-bond acceptors (Lipinski definition) is 12. The van der Waals surface area contributed by atoms with Gasteiger partial charge in [0.15, 0.2) is 6.10 Å². The highest BCUT2D eigenvalue weighted by molar-refractivity contribution is 5.95. The first kappa shape index (κ1) is 40.0. The van der Waals surface area contributed by atoms with Gasteiger partial charge in [0.05, 0.1) is 33.0 Å². The summed E-state index contributed by atoms with van der Waals surface area (Å²) in [7, 11) is 6.15. The summed E-state index contributed by atoms with van der Waals surface area (Å²) in [6, 6.07) is 11.0. The van der Waals surface area contributed by atoms with Gasteiger partial charge in [0.1, 0.15) is 11.2 Å². The highest BCUT2D eigenvalue weighted by atomic mass is 16.6. The number of aliphatic hydroxyl groups is 2. The van der Waals surface area contributed by atoms with Crippen molar-refractivity contribution in [3.8, 4) is 5.75 Å². The number of H-pyrrole nitrogens is 1. The predicted octanol–water partition coefficient (Wildman–Crippen LogP) is 3.99. The molecule has 316 valence electrons. The first-order chi connectivity index (χ1) is 28.2. The van der Waals surface area contributed by atoms with Crippen molar-refractivity contribution < 1.29 is 43.5 Å². The van der Waals surface area contributed by atoms with Crippen LogP contribution in [0.2, 0.25) is 0 Å². The van der Waals surface area contributed by atoms with Gasteiger partial charge in [0.25, 0.3) is 0 Å². The summed E-state index contributed by atoms with van der Waals surface area (Å²) >= 11 is 0. The number of hydrogen-bond donors (Lipinski definition) is 3. The average molecular weight is 811 g/mol. The molecule has 13 nitrogen and oxygen atoms in total. The van der Waals surface area contributed by atoms with Crippen molar-refractivity contribution in [3.63, 3.8) is 0 Å². The molecule has 0 amide bonds. The van der Waals surface area contributed by atoms with Gasteiger partial charge in [-0.3, -0.25) is 19.4 Å². The van der Waals surface area contributed by atoms with Crippen molar-refractivity contribution in [2.75, 3.05) is 66.0 Å². The number of aromatic amines is 1. The van der Waals surface area contributed by atoms with Crippen LogP contribution in [0.5, 0.6) is 5.75 Å². The highest BCUT2D eigenvalue weighted by Crippen LogP contribution is 2.68. The molecule has 2 bridgehead atoms. The molecular weight excluding hydrogens is 753 g/mol. The lowest BCUT2D eigenvalue weighted by atomic mass is 9.47. The quantitative estimate of drug-likeness (QED) is 0.180. The maximum Gasteiger partial charge on any atom is 0.344 e. The van der Waals surface area contributed by atoms with E-state index in [1.54, 1.807) is 7.11 Å². The van der Waals surface area contributed by atoms with Crippen LogP contribution >= 0.6 is 0 Å². The van der Waals surface area contributed by atoms with Crippen LogP contribution in [-0.4, -0.2) is 133 Å². The second kappa shape index (κ2) is 13.8. The number of aromatic nitrogens is 1. The van der Waals surface area contributed by atoms with E-state index in [9.17, 15) is 19.8 Å². The van der Waals surface area contributed by atoms with Crippen molar-refractivity contribution in [1.82, 2.24) is 14.8 Å². The van der Waals surface area contributed by atoms with Gasteiger partial charge in [-0.05, 0) is 74.2 Å². The van der Waals surface area contributed by atoms with Gasteiger partial charge >= 0.3 is 17.9 Å². The number of piperidine rings is 1. The first-order valence-electron chi connectivity index (χ1n) is 21.2. The lowest BCUT2D eigenvalue weighted by molar-refractivity contribution is -0.228. The summed E-state index contributed by atoms with van der Waals surface area (Å²) in [4.78, 5) is 53.2. The van der Waals surface area contributed by atoms with Crippen LogP contribution in [-0.2, 0) is 45.8 Å². The molecule has 1 aliphatic carbocycles. The van der Waals surface area contributed by atoms with Crippen molar-refractivity contribution in [2.24, 2.45) is 11.3 Å². The van der Waals surface area contributed by atoms with E-state index in [-0.39, 0.29) is 12.0 Å². The lowest BCUT2D eigenvalue weighted by Gasteiger charge is -2.63. The minimum absolute atomic E-state index is 0.0986. The molecule has 1 aromatic heterocycles. The molecule has 3 fully saturated rings. The molecule has 1 saturated carbocycles. The lowest BCUT2D eigenvalue weighted by Crippen LogP contribution is -2.81. The molecule has 5 aliphatic heterocycles. The Bertz CT molecular complexity index is 2260. The molecule has 3 aromatic rings. The maximum absolute atomic E-state index is 15.3. The van der Waals surface area contributed by atoms with Gasteiger partial charge in [-0.1, -0.05) is 44.2 Å². The third-order valence-corrected chi connectivity index (χ3v) is 15.6. The number of ether oxygens (including phenoxy) is 4. The van der Waals surface area contributed by atoms with Crippen LogP contribution < -0.4 is 9.64 Å². The zero-order chi connectivity index (χ0) is 41.9. The molecule has 0 radical (unpaired) electrons. The van der Waals surface area contributed by atoms with E-state index in [4.69, 9.17) is 18.9 Å². The number of nitrogens with one attached hydrogen (secondary N) is 1. The van der Waals surface area contributed by atoms with E-state index >= 15 is 4.79 Å². The Hall–Kier alpha value is -4.43. The van der Waals surface area contributed by atoms with E-state index in [0.717, 1.165) is 33.4 Å². The number of carbonyl (C=O) groups excluding carboxylic acids is 3. The van der Waals surface area contributed by atoms with E-state index in [1.807, 2.05) is 50.1 Å². The van der Waals surface area contributed by atoms with Gasteiger partial charge in [-0.15, -0.1) is 0 Å². The number of fused-ring (bicyclic) bond motifs is 6. The van der Waals surface area contributed by atoms with Crippen LogP contribution in [0.1, 0.15) is 75.3 Å². The van der Waals surface area contributed by atoms with E-state index < -0.39 is 57.5 Å². The first-order valence-corrected chi connectivity index (χ1v) is 21.2. The van der Waals surface area contributed by atoms with E-state index in [0.29, 0.717) is 82.6 Å². The molecule has 1 spiro atoms. The Kier molecular flexibility index (Phi) is 9.36. The van der Waals surface area contributed by atoms with Crippen molar-refractivity contribution in [3.05, 3.63) is 70.9 Å². The molecule has 13 heteroatoms. The second-order valence-corrected chi connectivity index (χ2v) is 18.2. The van der Waals surface area contributed by atoms with Crippen LogP contribution in [0.15, 0.2) is 48.6 Å². The van der Waals surface area contributed by atoms with Gasteiger partial charge < -0.3 is 39.0 Å². The fourth-order valence-electron chi connectivity index (χ4n) is 13.5. The third kappa shape index (κ3) is 5.20. The monoisotopic (exact) mass is 810 g/mol. The van der Waals surface area contributed by atoms with Gasteiger partial charge in [0.2, 0.25) is 5.60 Å². The Morgan fingerprint density at radius 2 is 1.71 bits per heavy atom. The zero-order valence-corrected chi connectivity index (χ0v) is 35.3. The third-order valence-electron chi connectivity index (χ3n) is 15.6. The average Bonchev–Trinajstić information content (AvgIpc) is 3.90. The molecule has 9 rings (SSSR count). The summed E-state index contributed by atoms with van der Waals surface area (Å²) in [5.41, 5.74) is -1.62. The fourth-order valence-corrected chi connectivity index (χ4v) is 13.5. The number of methoxy groups -OCH3 is 3. The Morgan fingerprint density at radius 3 is 2.41 bits per heavy atom. The molecular formula is C46H58N4O9. The summed E-state index contributed by atoms with van der Waals surface area (Å²) < 4.78 is 23.9. The summed E-state index contributed by atoms with van der Waals surface area (Å²) in [5.74, 6) is -1.56. The smallest absolute Gasteiger partial charge is 0.344 e. The Balaban J connectivity index is 1.36. The molecule has 6 heterocycles. The number of nitrogens with zero attached hydrogens (tertiary/aromatic N) is 3. The topological polar surface area (TPSA) is 154 Å². The second-order valence-electron chi connectivity index (χ2n) is 18.2. The summed E-state index contributed by atoms with van der Waals surface area (Å²) in [5, 5.41) is 26.3. The van der Waals surface area contributed by atoms with Gasteiger partial charge in [0, 0.05) is 90.9 Å². The normalized spacial score (nSPS) is 37.0. The fraction of sp³-hybridized carbons (Fsp3) is 0.587. The summed E-state index contributed by atoms with van der Waals surface area (Å²) in [6.45, 7) is 8.62. The van der Waals surface area contributed by atoms with Gasteiger partial charge in [-0.2, -0.15) is 0 Å². The number of carbonyl (C=O) groups is 3. The number of para-hydroxylation sites is 1. The number of rotatable bonds is 7. The van der Waals surface area contributed by atoms with E-state index in [2.05, 4.69) is 39.1 Å². The number of esters is 3. The van der Waals surface area contributed by atoms with Crippen LogP contribution in [0, 0.1) is 11.3 Å². The molecule has 6 aliphatic rings. The standard InChI is InChI=1S/C46H58N4O9/c1-8-42(54)23-28-24-45(40(52)57-6,36-30(15-19-49(25-28)26-42)29-13-10-11-14-33(29)47-36)32-21-31-34(22-35(32)56-5)48(4)38-44(31)17-20-50-18-12-16-43(9-2,37(44)50)39(59-27(3)51)46(38,55)41(53)58-7/h10-14,16,21-22,28,37-39,47,54-55H,8-9,15,17-20,23-26H2,1-7H3/t28-,37+,38-,39-,42-,43+,44+,45-,46+/m1/s1. The minimum atomic E-state index is -2.30. The largest absolute Gasteiger partial charge is 0.496 e. The van der Waals surface area contributed by atoms with Crippen molar-refractivity contribution in [2.45, 2.75) is 99.5 Å². The molecule has 3 N–H and O–H groups in total. The molecule has 59 heavy (non-hydrogen) atoms. The minimum Gasteiger partial charge on any atom is -0.496 e. The predicted molar refractivity (Wildman–Crippen MR) is 220 cm³/mol. The van der Waals surface area contributed by atoms with Crippen LogP contribution in [0.4, 0.5) is 5.69 Å². The number of likely N-dealkylation sites (N-methyl/N-ethyl adjacent to an activating group) is 1. The summed E-state index contributed by atoms with van der Waals surface area (Å²) in [6.07, 6.45) is 5.94. The highest BCUT2D eigenvalue weighted by Gasteiger charge is 2.80. The van der Waals surface area contributed by atoms with Gasteiger partial charge in [-0.25, -0.2) is 4.79 Å². The molecule has 2 saturated heterocycles. The zero-order valence-electron chi connectivity index (χ0n) is 35.3. The van der Waals surface area contributed by atoms with E-state index in [1.165, 1.54) is 21.1 Å². The molecule has 1 unspecified atom stereocenters.